The number of nitrogens with one attached hydrogen (secondary N) is 2. The molecule has 15 nitrogen and oxygen atoms in total. The van der Waals surface area contributed by atoms with Gasteiger partial charge in [0.2, 0.25) is 5.91 Å². The minimum atomic E-state index is -2.42. The summed E-state index contributed by atoms with van der Waals surface area (Å²) < 4.78 is 26.1. The van der Waals surface area contributed by atoms with Crippen LogP contribution in [0.3, 0.4) is 0 Å². The van der Waals surface area contributed by atoms with Gasteiger partial charge in [-0.3, -0.25) is 4.79 Å². The maximum atomic E-state index is 12.5. The lowest BCUT2D eigenvalue weighted by Gasteiger charge is -2.47. The first-order valence-electron chi connectivity index (χ1n) is 12.7. The summed E-state index contributed by atoms with van der Waals surface area (Å²) >= 11 is 0. The summed E-state index contributed by atoms with van der Waals surface area (Å²) in [5.74, 6) is -4.75. The van der Waals surface area contributed by atoms with Gasteiger partial charge in [0.05, 0.1) is 45.2 Å². The number of amides is 2. The Balaban J connectivity index is 2.91. The number of carboxylic acid groups (broad SMARTS) is 1. The van der Waals surface area contributed by atoms with Crippen molar-refractivity contribution < 1.29 is 63.6 Å². The number of ether oxygens (including phenoxy) is 5. The summed E-state index contributed by atoms with van der Waals surface area (Å²) in [5.41, 5.74) is -0.489. The number of carbonyl (C=O) groups is 3. The van der Waals surface area contributed by atoms with Crippen LogP contribution in [0.2, 0.25) is 0 Å². The Labute approximate surface area is 227 Å². The second-order valence-corrected chi connectivity index (χ2v) is 10.3. The highest BCUT2D eigenvalue weighted by atomic mass is 16.7. The lowest BCUT2D eigenvalue weighted by Crippen LogP contribution is -2.68. The number of hydrogen-bond acceptors (Lipinski definition) is 12. The first kappa shape index (κ1) is 34.9. The molecule has 1 heterocycles. The minimum Gasteiger partial charge on any atom is -0.477 e. The van der Waals surface area contributed by atoms with Crippen LogP contribution >= 0.6 is 0 Å². The average Bonchev–Trinajstić information content (AvgIpc) is 2.88. The van der Waals surface area contributed by atoms with Gasteiger partial charge in [0, 0.05) is 13.5 Å². The Morgan fingerprint density at radius 3 is 2.33 bits per heavy atom. The van der Waals surface area contributed by atoms with Crippen LogP contribution in [0.5, 0.6) is 0 Å². The van der Waals surface area contributed by atoms with E-state index in [0.29, 0.717) is 13.2 Å². The number of aliphatic hydroxyl groups is 4. The molecular formula is C24H44N2O13. The van der Waals surface area contributed by atoms with E-state index >= 15 is 0 Å². The molecule has 0 spiro atoms. The van der Waals surface area contributed by atoms with E-state index in [1.807, 2.05) is 27.7 Å². The van der Waals surface area contributed by atoms with Crippen LogP contribution < -0.4 is 10.6 Å². The van der Waals surface area contributed by atoms with Crippen LogP contribution in [0.1, 0.15) is 34.1 Å². The number of methoxy groups -OCH3 is 1. The Bertz CT molecular complexity index is 781. The van der Waals surface area contributed by atoms with E-state index in [1.165, 1.54) is 7.11 Å². The molecule has 0 bridgehead atoms. The van der Waals surface area contributed by atoms with E-state index in [1.54, 1.807) is 0 Å². The Morgan fingerprint density at radius 1 is 1.13 bits per heavy atom. The van der Waals surface area contributed by atoms with Crippen LogP contribution in [0.4, 0.5) is 4.79 Å². The van der Waals surface area contributed by atoms with Gasteiger partial charge in [-0.25, -0.2) is 9.59 Å². The second kappa shape index (κ2) is 16.2. The molecule has 1 saturated heterocycles. The van der Waals surface area contributed by atoms with Crippen molar-refractivity contribution in [3.8, 4) is 0 Å². The molecule has 2 amide bonds. The van der Waals surface area contributed by atoms with Gasteiger partial charge >= 0.3 is 12.1 Å². The summed E-state index contributed by atoms with van der Waals surface area (Å²) in [6.07, 6.45) is -8.60. The smallest absolute Gasteiger partial charge is 0.407 e. The van der Waals surface area contributed by atoms with Gasteiger partial charge in [-0.1, -0.05) is 27.7 Å². The molecule has 1 rings (SSSR count). The van der Waals surface area contributed by atoms with Crippen LogP contribution in [0, 0.1) is 11.3 Å². The van der Waals surface area contributed by atoms with Crippen molar-refractivity contribution in [1.82, 2.24) is 10.6 Å². The third-order valence-corrected chi connectivity index (χ3v) is 6.67. The predicted molar refractivity (Wildman–Crippen MR) is 134 cm³/mol. The highest BCUT2D eigenvalue weighted by Crippen LogP contribution is 2.36. The lowest BCUT2D eigenvalue weighted by atomic mass is 9.82. The van der Waals surface area contributed by atoms with Gasteiger partial charge in [-0.15, -0.1) is 0 Å². The Kier molecular flexibility index (Phi) is 14.5. The largest absolute Gasteiger partial charge is 0.477 e. The molecule has 1 aliphatic rings. The Hall–Kier alpha value is -2.11. The molecule has 228 valence electrons. The van der Waals surface area contributed by atoms with Crippen molar-refractivity contribution in [3.63, 3.8) is 0 Å². The van der Waals surface area contributed by atoms with Crippen LogP contribution in [-0.4, -0.2) is 133 Å². The summed E-state index contributed by atoms with van der Waals surface area (Å²) in [6, 6.07) is -1.44. The maximum absolute atomic E-state index is 12.5. The second-order valence-electron chi connectivity index (χ2n) is 10.3. The fraction of sp³-hybridized carbons (Fsp3) is 0.875. The van der Waals surface area contributed by atoms with Crippen LogP contribution in [0.15, 0.2) is 0 Å². The van der Waals surface area contributed by atoms with Gasteiger partial charge < -0.3 is 59.9 Å². The quantitative estimate of drug-likeness (QED) is 0.0964. The van der Waals surface area contributed by atoms with Crippen molar-refractivity contribution >= 4 is 18.0 Å². The number of rotatable bonds is 17. The van der Waals surface area contributed by atoms with E-state index in [0.717, 1.165) is 0 Å². The summed E-state index contributed by atoms with van der Waals surface area (Å²) in [7, 11) is 1.51. The molecule has 0 aliphatic carbocycles. The van der Waals surface area contributed by atoms with Gasteiger partial charge in [0.1, 0.15) is 31.5 Å². The topological polar surface area (TPSA) is 223 Å². The van der Waals surface area contributed by atoms with Gasteiger partial charge in [0.25, 0.3) is 5.79 Å². The zero-order chi connectivity index (χ0) is 29.8. The van der Waals surface area contributed by atoms with E-state index < -0.39 is 79.2 Å². The zero-order valence-electron chi connectivity index (χ0n) is 23.1. The fourth-order valence-electron chi connectivity index (χ4n) is 3.39. The molecule has 1 aliphatic heterocycles. The number of carbonyl (C=O) groups excluding carboxylic acids is 2. The van der Waals surface area contributed by atoms with Crippen LogP contribution in [-0.2, 0) is 33.3 Å². The molecule has 39 heavy (non-hydrogen) atoms. The molecule has 0 aromatic rings. The molecular weight excluding hydrogens is 524 g/mol. The number of alkyl carbamates (subject to hydrolysis) is 1. The highest BCUT2D eigenvalue weighted by Gasteiger charge is 2.56. The molecule has 6 atom stereocenters. The molecule has 0 aromatic carbocycles. The highest BCUT2D eigenvalue weighted by molar-refractivity contribution is 5.82. The molecule has 0 radical (unpaired) electrons. The monoisotopic (exact) mass is 568 g/mol. The van der Waals surface area contributed by atoms with Crippen molar-refractivity contribution in [3.05, 3.63) is 0 Å². The third-order valence-electron chi connectivity index (χ3n) is 6.67. The van der Waals surface area contributed by atoms with E-state index in [4.69, 9.17) is 23.7 Å². The predicted octanol–water partition coefficient (Wildman–Crippen LogP) is -1.80. The first-order valence-corrected chi connectivity index (χ1v) is 12.7. The number of aliphatic carboxylic acids is 1. The van der Waals surface area contributed by atoms with Gasteiger partial charge in [-0.2, -0.15) is 0 Å². The van der Waals surface area contributed by atoms with Crippen molar-refractivity contribution in [1.29, 1.82) is 0 Å². The molecule has 6 unspecified atom stereocenters. The van der Waals surface area contributed by atoms with Gasteiger partial charge in [-0.05, 0) is 11.3 Å². The van der Waals surface area contributed by atoms with E-state index in [9.17, 15) is 39.9 Å². The van der Waals surface area contributed by atoms with Crippen molar-refractivity contribution in [2.45, 2.75) is 70.4 Å². The Morgan fingerprint density at radius 2 is 1.77 bits per heavy atom. The zero-order valence-corrected chi connectivity index (χ0v) is 23.1. The van der Waals surface area contributed by atoms with E-state index in [2.05, 4.69) is 10.6 Å². The molecule has 15 heteroatoms. The standard InChI is InChI=1S/C24H44N2O13/c1-14(2)23(3,4)13-38-24(21(32)33)10-15(28)18(20(39-24)19(31)16(29)12-27)26-17(30)11-25-22(34)37-9-8-36-7-6-35-5/h14-16,18-20,27-29,31H,6-13H2,1-5H3,(H,25,34)(H,26,30)(H,32,33). The van der Waals surface area contributed by atoms with Crippen LogP contribution in [0.25, 0.3) is 0 Å². The number of aliphatic hydroxyl groups excluding tert-OH is 4. The minimum absolute atomic E-state index is 0.0788. The molecule has 0 saturated carbocycles. The third kappa shape index (κ3) is 10.8. The maximum Gasteiger partial charge on any atom is 0.407 e. The normalized spacial score (nSPS) is 25.1. The summed E-state index contributed by atoms with van der Waals surface area (Å²) in [5, 5.41) is 55.4. The van der Waals surface area contributed by atoms with Crippen molar-refractivity contribution in [2.75, 3.05) is 53.3 Å². The first-order chi connectivity index (χ1) is 18.2. The molecule has 7 N–H and O–H groups in total. The van der Waals surface area contributed by atoms with E-state index in [-0.39, 0.29) is 25.7 Å². The lowest BCUT2D eigenvalue weighted by molar-refractivity contribution is -0.317. The van der Waals surface area contributed by atoms with Gasteiger partial charge in [0.15, 0.2) is 0 Å². The summed E-state index contributed by atoms with van der Waals surface area (Å²) in [6.45, 7) is 6.67. The number of hydrogen-bond donors (Lipinski definition) is 7. The van der Waals surface area contributed by atoms with Crippen molar-refractivity contribution in [2.24, 2.45) is 11.3 Å². The molecule has 1 fully saturated rings. The molecule has 0 aromatic heterocycles. The SMILES string of the molecule is COCCOCCOC(=O)NCC(=O)NC1C(O)CC(OCC(C)(C)C(C)C)(C(=O)O)OC1C(O)C(O)CO. The summed E-state index contributed by atoms with van der Waals surface area (Å²) in [4.78, 5) is 36.6. The fourth-order valence-corrected chi connectivity index (χ4v) is 3.39. The average molecular weight is 569 g/mol. The number of carboxylic acids is 1.